The highest BCUT2D eigenvalue weighted by Gasteiger charge is 2.26. The Balaban J connectivity index is 1.18. The Morgan fingerprint density at radius 1 is 0.943 bits per heavy atom. The van der Waals surface area contributed by atoms with E-state index in [0.29, 0.717) is 12.3 Å². The predicted molar refractivity (Wildman–Crippen MR) is 140 cm³/mol. The van der Waals surface area contributed by atoms with Crippen molar-refractivity contribution in [3.8, 4) is 5.75 Å². The van der Waals surface area contributed by atoms with Crippen molar-refractivity contribution >= 4 is 11.8 Å². The van der Waals surface area contributed by atoms with Crippen LogP contribution in [0.2, 0.25) is 0 Å². The number of carbonyl (C=O) groups excluding carboxylic acids is 1. The van der Waals surface area contributed by atoms with Crippen LogP contribution in [-0.2, 0) is 4.74 Å². The number of nitrogens with zero attached hydrogens (tertiary/aromatic N) is 4. The lowest BCUT2D eigenvalue weighted by Gasteiger charge is -2.35. The highest BCUT2D eigenvalue weighted by atomic mass is 16.6. The Labute approximate surface area is 212 Å². The van der Waals surface area contributed by atoms with E-state index < -0.39 is 5.60 Å². The van der Waals surface area contributed by atoms with Gasteiger partial charge in [-0.3, -0.25) is 0 Å². The Kier molecular flexibility index (Phi) is 10.7. The van der Waals surface area contributed by atoms with E-state index in [4.69, 9.17) is 16.0 Å². The number of piperazine rings is 1. The van der Waals surface area contributed by atoms with Crippen LogP contribution in [0.1, 0.15) is 59.3 Å². The first-order valence-electron chi connectivity index (χ1n) is 13.4. The van der Waals surface area contributed by atoms with E-state index >= 15 is 0 Å². The van der Waals surface area contributed by atoms with Crippen molar-refractivity contribution in [1.29, 1.82) is 0 Å². The molecule has 0 saturated carbocycles. The molecule has 3 rings (SSSR count). The molecule has 7 heteroatoms. The van der Waals surface area contributed by atoms with E-state index in [9.17, 15) is 4.79 Å². The van der Waals surface area contributed by atoms with E-state index in [1.54, 1.807) is 12.1 Å². The number of amides is 1. The van der Waals surface area contributed by atoms with E-state index in [2.05, 4.69) is 14.6 Å². The maximum atomic E-state index is 12.2. The van der Waals surface area contributed by atoms with Gasteiger partial charge in [0.1, 0.15) is 11.4 Å². The van der Waals surface area contributed by atoms with Crippen LogP contribution in [0.5, 0.6) is 5.75 Å². The fourth-order valence-electron chi connectivity index (χ4n) is 4.83. The van der Waals surface area contributed by atoms with Crippen molar-refractivity contribution in [2.24, 2.45) is 5.92 Å². The Bertz CT molecular complexity index is 799. The number of hydrogen-bond acceptors (Lipinski definition) is 5. The second-order valence-electron chi connectivity index (χ2n) is 10.9. The molecule has 2 aliphatic rings. The average molecular weight is 485 g/mol. The third-order valence-electron chi connectivity index (χ3n) is 6.92. The Morgan fingerprint density at radius 3 is 2.11 bits per heavy atom. The predicted octanol–water partition coefficient (Wildman–Crippen LogP) is 5.44. The summed E-state index contributed by atoms with van der Waals surface area (Å²) in [5.74, 6) is 1.59. The van der Waals surface area contributed by atoms with Gasteiger partial charge in [-0.25, -0.2) is 9.64 Å². The molecule has 0 N–H and O–H groups in total. The number of ether oxygens (including phenoxy) is 2. The second kappa shape index (κ2) is 13.7. The van der Waals surface area contributed by atoms with Crippen LogP contribution < -0.4 is 4.74 Å². The summed E-state index contributed by atoms with van der Waals surface area (Å²) in [5.41, 5.74) is 0.234. The topological polar surface area (TPSA) is 49.6 Å². The summed E-state index contributed by atoms with van der Waals surface area (Å²) >= 11 is 0. The van der Waals surface area contributed by atoms with Crippen molar-refractivity contribution in [2.75, 3.05) is 59.0 Å². The van der Waals surface area contributed by atoms with Gasteiger partial charge in [0.25, 0.3) is 0 Å². The number of piperidine rings is 1. The van der Waals surface area contributed by atoms with Gasteiger partial charge in [0.2, 0.25) is 0 Å². The van der Waals surface area contributed by atoms with E-state index in [-0.39, 0.29) is 6.09 Å². The molecule has 2 aliphatic heterocycles. The fourth-order valence-corrected chi connectivity index (χ4v) is 4.83. The molecular weight excluding hydrogens is 440 g/mol. The summed E-state index contributed by atoms with van der Waals surface area (Å²) in [7, 11) is 0. The van der Waals surface area contributed by atoms with Gasteiger partial charge < -0.3 is 24.2 Å². The van der Waals surface area contributed by atoms with Crippen molar-refractivity contribution in [2.45, 2.75) is 64.9 Å². The maximum Gasteiger partial charge on any atom is 0.410 e. The van der Waals surface area contributed by atoms with Gasteiger partial charge in [0.05, 0.1) is 13.2 Å². The summed E-state index contributed by atoms with van der Waals surface area (Å²) in [6.45, 7) is 22.0. The molecule has 2 heterocycles. The molecule has 0 bridgehead atoms. The van der Waals surface area contributed by atoms with E-state index in [1.165, 1.54) is 25.8 Å². The van der Waals surface area contributed by atoms with Crippen LogP contribution in [0, 0.1) is 12.5 Å². The zero-order chi connectivity index (χ0) is 25.1. The minimum absolute atomic E-state index is 0.158. The zero-order valence-electron chi connectivity index (χ0n) is 22.0. The fraction of sp³-hybridized carbons (Fsp3) is 0.714. The third-order valence-corrected chi connectivity index (χ3v) is 6.92. The molecule has 1 aromatic rings. The molecule has 1 amide bonds. The highest BCUT2D eigenvalue weighted by molar-refractivity contribution is 5.68. The molecule has 0 spiro atoms. The van der Waals surface area contributed by atoms with Gasteiger partial charge in [0, 0.05) is 45.8 Å². The van der Waals surface area contributed by atoms with Crippen LogP contribution >= 0.6 is 0 Å². The summed E-state index contributed by atoms with van der Waals surface area (Å²) in [6, 6.07) is 7.35. The second-order valence-corrected chi connectivity index (χ2v) is 10.9. The SMILES string of the molecule is [C-]#[N+]c1ccc(OCCCN2CCN(CCCCC3CCN(C(=O)OC(C)(C)C)CC3)CC2)cc1. The number of unbranched alkanes of at least 4 members (excludes halogenated alkanes) is 1. The first-order valence-corrected chi connectivity index (χ1v) is 13.4. The lowest BCUT2D eigenvalue weighted by atomic mass is 9.91. The van der Waals surface area contributed by atoms with Crippen molar-refractivity contribution in [3.05, 3.63) is 35.7 Å². The molecule has 7 nitrogen and oxygen atoms in total. The molecule has 2 fully saturated rings. The molecule has 194 valence electrons. The normalized spacial score (nSPS) is 18.3. The third kappa shape index (κ3) is 10.1. The summed E-state index contributed by atoms with van der Waals surface area (Å²) in [4.78, 5) is 22.6. The van der Waals surface area contributed by atoms with Crippen molar-refractivity contribution in [3.63, 3.8) is 0 Å². The van der Waals surface area contributed by atoms with Gasteiger partial charge in [-0.05, 0) is 71.0 Å². The molecule has 0 aliphatic carbocycles. The van der Waals surface area contributed by atoms with E-state index in [0.717, 1.165) is 76.7 Å². The summed E-state index contributed by atoms with van der Waals surface area (Å²) < 4.78 is 11.3. The summed E-state index contributed by atoms with van der Waals surface area (Å²) in [6.07, 6.45) is 6.91. The zero-order valence-corrected chi connectivity index (χ0v) is 22.0. The molecule has 0 aromatic heterocycles. The molecule has 1 aromatic carbocycles. The quantitative estimate of drug-likeness (QED) is 0.327. The molecule has 0 radical (unpaired) electrons. The molecule has 35 heavy (non-hydrogen) atoms. The van der Waals surface area contributed by atoms with Gasteiger partial charge in [-0.1, -0.05) is 25.0 Å². The Morgan fingerprint density at radius 2 is 1.54 bits per heavy atom. The first kappa shape index (κ1) is 27.3. The minimum atomic E-state index is -0.415. The number of benzene rings is 1. The molecule has 0 atom stereocenters. The molecule has 0 unspecified atom stereocenters. The number of likely N-dealkylation sites (tertiary alicyclic amines) is 1. The number of carbonyl (C=O) groups is 1. The van der Waals surface area contributed by atoms with Gasteiger partial charge in [-0.2, -0.15) is 0 Å². The molecule has 2 saturated heterocycles. The minimum Gasteiger partial charge on any atom is -0.494 e. The first-order chi connectivity index (χ1) is 16.8. The standard InChI is InChI=1S/C28H44N4O3/c1-28(2,3)35-27(33)32-17-13-24(14-18-32)8-5-6-15-30-19-21-31(22-20-30)16-7-23-34-26-11-9-25(29-4)10-12-26/h9-12,24H,5-8,13-23H2,1-3H3. The van der Waals surface area contributed by atoms with Crippen molar-refractivity contribution in [1.82, 2.24) is 14.7 Å². The van der Waals surface area contributed by atoms with Crippen LogP contribution in [0.3, 0.4) is 0 Å². The van der Waals surface area contributed by atoms with Crippen molar-refractivity contribution < 1.29 is 14.3 Å². The van der Waals surface area contributed by atoms with Crippen LogP contribution in [-0.4, -0.2) is 85.4 Å². The van der Waals surface area contributed by atoms with Gasteiger partial charge in [0.15, 0.2) is 5.69 Å². The van der Waals surface area contributed by atoms with Crippen LogP contribution in [0.25, 0.3) is 4.85 Å². The molecular formula is C28H44N4O3. The van der Waals surface area contributed by atoms with Gasteiger partial charge >= 0.3 is 6.09 Å². The van der Waals surface area contributed by atoms with E-state index in [1.807, 2.05) is 37.8 Å². The number of hydrogen-bond donors (Lipinski definition) is 0. The number of rotatable bonds is 10. The monoisotopic (exact) mass is 484 g/mol. The van der Waals surface area contributed by atoms with Crippen LogP contribution in [0.15, 0.2) is 24.3 Å². The Hall–Kier alpha value is -2.30. The highest BCUT2D eigenvalue weighted by Crippen LogP contribution is 2.24. The van der Waals surface area contributed by atoms with Gasteiger partial charge in [-0.15, -0.1) is 0 Å². The van der Waals surface area contributed by atoms with Crippen LogP contribution in [0.4, 0.5) is 10.5 Å². The maximum absolute atomic E-state index is 12.2. The lowest BCUT2D eigenvalue weighted by molar-refractivity contribution is 0.0180. The summed E-state index contributed by atoms with van der Waals surface area (Å²) in [5, 5.41) is 0. The largest absolute Gasteiger partial charge is 0.494 e. The average Bonchev–Trinajstić information content (AvgIpc) is 2.85. The lowest BCUT2D eigenvalue weighted by Crippen LogP contribution is -2.46. The smallest absolute Gasteiger partial charge is 0.410 e.